The molecule has 22 heavy (non-hydrogen) atoms. The van der Waals surface area contributed by atoms with Gasteiger partial charge in [0.15, 0.2) is 0 Å². The summed E-state index contributed by atoms with van der Waals surface area (Å²) in [5, 5.41) is 8.94. The van der Waals surface area contributed by atoms with Crippen molar-refractivity contribution in [2.24, 2.45) is 0 Å². The summed E-state index contributed by atoms with van der Waals surface area (Å²) >= 11 is 0. The van der Waals surface area contributed by atoms with Gasteiger partial charge in [0.25, 0.3) is 5.56 Å². The van der Waals surface area contributed by atoms with Crippen molar-refractivity contribution in [2.45, 2.75) is 4.90 Å². The number of rotatable bonds is 4. The van der Waals surface area contributed by atoms with Crippen molar-refractivity contribution in [3.63, 3.8) is 0 Å². The molecule has 7 nitrogen and oxygen atoms in total. The molecule has 0 unspecified atom stereocenters. The molecule has 0 aliphatic heterocycles. The highest BCUT2D eigenvalue weighted by Crippen LogP contribution is 2.21. The normalized spacial score (nSPS) is 11.6. The summed E-state index contributed by atoms with van der Waals surface area (Å²) in [5.74, 6) is -1.32. The summed E-state index contributed by atoms with van der Waals surface area (Å²) in [6.45, 7) is 0. The maximum Gasteiger partial charge on any atom is 0.341 e. The quantitative estimate of drug-likeness (QED) is 0.873. The van der Waals surface area contributed by atoms with Crippen LogP contribution in [0.3, 0.4) is 0 Å². The van der Waals surface area contributed by atoms with Gasteiger partial charge in [-0.1, -0.05) is 12.1 Å². The van der Waals surface area contributed by atoms with E-state index in [0.717, 1.165) is 4.31 Å². The average molecular weight is 322 g/mol. The number of aromatic nitrogens is 1. The van der Waals surface area contributed by atoms with E-state index in [9.17, 15) is 18.0 Å². The van der Waals surface area contributed by atoms with Gasteiger partial charge >= 0.3 is 5.97 Å². The van der Waals surface area contributed by atoms with Gasteiger partial charge in [0, 0.05) is 20.3 Å². The molecule has 1 aromatic heterocycles. The molecule has 0 saturated heterocycles. The van der Waals surface area contributed by atoms with Crippen molar-refractivity contribution in [3.8, 4) is 11.1 Å². The highest BCUT2D eigenvalue weighted by molar-refractivity contribution is 7.89. The van der Waals surface area contributed by atoms with Gasteiger partial charge in [-0.25, -0.2) is 17.5 Å². The molecule has 2 rings (SSSR count). The van der Waals surface area contributed by atoms with Gasteiger partial charge in [-0.15, -0.1) is 0 Å². The Balaban J connectivity index is 2.46. The van der Waals surface area contributed by atoms with E-state index in [4.69, 9.17) is 5.11 Å². The first kappa shape index (κ1) is 15.9. The average Bonchev–Trinajstić information content (AvgIpc) is 2.47. The van der Waals surface area contributed by atoms with Crippen LogP contribution in [-0.2, 0) is 10.0 Å². The molecule has 1 aromatic carbocycles. The Morgan fingerprint density at radius 3 is 2.23 bits per heavy atom. The first-order valence-electron chi connectivity index (χ1n) is 6.22. The van der Waals surface area contributed by atoms with E-state index in [1.807, 2.05) is 0 Å². The van der Waals surface area contributed by atoms with E-state index in [2.05, 4.69) is 4.98 Å². The van der Waals surface area contributed by atoms with Crippen LogP contribution in [0.4, 0.5) is 0 Å². The Hall–Kier alpha value is -2.45. The maximum atomic E-state index is 12.0. The van der Waals surface area contributed by atoms with Crippen LogP contribution in [0.5, 0.6) is 0 Å². The molecule has 0 spiro atoms. The summed E-state index contributed by atoms with van der Waals surface area (Å²) in [6.07, 6.45) is 1.38. The maximum absolute atomic E-state index is 12.0. The van der Waals surface area contributed by atoms with Crippen LogP contribution >= 0.6 is 0 Å². The molecule has 0 amide bonds. The Morgan fingerprint density at radius 1 is 1.14 bits per heavy atom. The first-order valence-corrected chi connectivity index (χ1v) is 7.66. The van der Waals surface area contributed by atoms with Crippen LogP contribution in [0.1, 0.15) is 10.4 Å². The monoisotopic (exact) mass is 322 g/mol. The molecule has 0 fully saturated rings. The fraction of sp³-hybridized carbons (Fsp3) is 0.143. The van der Waals surface area contributed by atoms with Gasteiger partial charge in [-0.2, -0.15) is 0 Å². The molecule has 116 valence electrons. The number of carbonyl (C=O) groups is 1. The number of benzene rings is 1. The van der Waals surface area contributed by atoms with Crippen molar-refractivity contribution in [1.29, 1.82) is 0 Å². The number of sulfonamides is 1. The molecular formula is C14H14N2O5S. The van der Waals surface area contributed by atoms with Gasteiger partial charge in [0.1, 0.15) is 5.56 Å². The summed E-state index contributed by atoms with van der Waals surface area (Å²) in [6, 6.07) is 7.20. The molecule has 0 radical (unpaired) electrons. The van der Waals surface area contributed by atoms with E-state index in [0.29, 0.717) is 11.1 Å². The smallest absolute Gasteiger partial charge is 0.341 e. The minimum Gasteiger partial charge on any atom is -0.477 e. The molecular weight excluding hydrogens is 308 g/mol. The zero-order valence-electron chi connectivity index (χ0n) is 11.9. The second-order valence-corrected chi connectivity index (χ2v) is 6.90. The third-order valence-corrected chi connectivity index (χ3v) is 4.93. The highest BCUT2D eigenvalue weighted by Gasteiger charge is 2.17. The summed E-state index contributed by atoms with van der Waals surface area (Å²) in [5.41, 5.74) is 0.00722. The van der Waals surface area contributed by atoms with Crippen LogP contribution < -0.4 is 5.56 Å². The Kier molecular flexibility index (Phi) is 4.16. The second-order valence-electron chi connectivity index (χ2n) is 4.75. The lowest BCUT2D eigenvalue weighted by Crippen LogP contribution is -2.22. The Bertz CT molecular complexity index is 867. The summed E-state index contributed by atoms with van der Waals surface area (Å²) in [7, 11) is -0.653. The standard InChI is InChI=1S/C14H14N2O5S/c1-16(2)22(20,21)11-5-3-9(4-6-11)10-7-12(14(18)19)13(17)15-8-10/h3-8H,1-2H3,(H,15,17)(H,18,19). The molecule has 2 N–H and O–H groups in total. The molecule has 8 heteroatoms. The largest absolute Gasteiger partial charge is 0.477 e. The SMILES string of the molecule is CN(C)S(=O)(=O)c1ccc(-c2c[nH]c(=O)c(C(=O)O)c2)cc1. The number of aromatic carboxylic acids is 1. The number of hydrogen-bond donors (Lipinski definition) is 2. The van der Waals surface area contributed by atoms with Crippen molar-refractivity contribution in [3.05, 3.63) is 52.4 Å². The van der Waals surface area contributed by atoms with E-state index in [1.54, 1.807) is 12.1 Å². The van der Waals surface area contributed by atoms with E-state index < -0.39 is 21.6 Å². The van der Waals surface area contributed by atoms with Crippen molar-refractivity contribution < 1.29 is 18.3 Å². The lowest BCUT2D eigenvalue weighted by molar-refractivity contribution is 0.0695. The van der Waals surface area contributed by atoms with Crippen molar-refractivity contribution >= 4 is 16.0 Å². The minimum absolute atomic E-state index is 0.129. The fourth-order valence-electron chi connectivity index (χ4n) is 1.84. The summed E-state index contributed by atoms with van der Waals surface area (Å²) in [4.78, 5) is 24.8. The van der Waals surface area contributed by atoms with Crippen LogP contribution in [0.2, 0.25) is 0 Å². The van der Waals surface area contributed by atoms with Crippen LogP contribution in [-0.4, -0.2) is 42.9 Å². The number of H-pyrrole nitrogens is 1. The molecule has 0 aliphatic rings. The Morgan fingerprint density at radius 2 is 1.73 bits per heavy atom. The van der Waals surface area contributed by atoms with Crippen molar-refractivity contribution in [2.75, 3.05) is 14.1 Å². The summed E-state index contributed by atoms with van der Waals surface area (Å²) < 4.78 is 25.0. The van der Waals surface area contributed by atoms with Crippen LogP contribution in [0.15, 0.2) is 46.2 Å². The topological polar surface area (TPSA) is 108 Å². The number of aromatic amines is 1. The first-order chi connectivity index (χ1) is 10.2. The van der Waals surface area contributed by atoms with Gasteiger partial charge in [-0.05, 0) is 29.3 Å². The molecule has 0 saturated carbocycles. The third kappa shape index (κ3) is 2.92. The third-order valence-electron chi connectivity index (χ3n) is 3.10. The minimum atomic E-state index is -3.52. The lowest BCUT2D eigenvalue weighted by Gasteiger charge is -2.11. The highest BCUT2D eigenvalue weighted by atomic mass is 32.2. The Labute approximate surface area is 126 Å². The molecule has 0 bridgehead atoms. The number of carboxylic acid groups (broad SMARTS) is 1. The molecule has 2 aromatic rings. The van der Waals surface area contributed by atoms with Crippen LogP contribution in [0.25, 0.3) is 11.1 Å². The van der Waals surface area contributed by atoms with E-state index >= 15 is 0 Å². The van der Waals surface area contributed by atoms with E-state index in [-0.39, 0.29) is 10.5 Å². The molecule has 1 heterocycles. The number of hydrogen-bond acceptors (Lipinski definition) is 4. The van der Waals surface area contributed by atoms with Gasteiger partial charge in [0.2, 0.25) is 10.0 Å². The predicted octanol–water partition coefficient (Wildman–Crippen LogP) is 0.990. The predicted molar refractivity (Wildman–Crippen MR) is 80.3 cm³/mol. The second kappa shape index (κ2) is 5.74. The zero-order valence-corrected chi connectivity index (χ0v) is 12.7. The van der Waals surface area contributed by atoms with Gasteiger partial charge in [-0.3, -0.25) is 4.79 Å². The molecule has 0 atom stereocenters. The zero-order chi connectivity index (χ0) is 16.5. The van der Waals surface area contributed by atoms with Crippen molar-refractivity contribution in [1.82, 2.24) is 9.29 Å². The number of nitrogens with zero attached hydrogens (tertiary/aromatic N) is 1. The van der Waals surface area contributed by atoms with Crippen LogP contribution in [0, 0.1) is 0 Å². The number of pyridine rings is 1. The van der Waals surface area contributed by atoms with Gasteiger partial charge in [0.05, 0.1) is 4.90 Å². The molecule has 0 aliphatic carbocycles. The number of carboxylic acids is 1. The lowest BCUT2D eigenvalue weighted by atomic mass is 10.1. The van der Waals surface area contributed by atoms with Gasteiger partial charge < -0.3 is 10.1 Å². The van der Waals surface area contributed by atoms with E-state index in [1.165, 1.54) is 38.5 Å². The number of nitrogens with one attached hydrogen (secondary N) is 1. The fourth-order valence-corrected chi connectivity index (χ4v) is 2.74.